The van der Waals surface area contributed by atoms with Gasteiger partial charge in [-0.15, -0.1) is 10.0 Å². The molecule has 14 heavy (non-hydrogen) atoms. The topological polar surface area (TPSA) is 59.4 Å². The molecule has 0 amide bonds. The van der Waals surface area contributed by atoms with Crippen LogP contribution in [0.5, 0.6) is 0 Å². The Morgan fingerprint density at radius 3 is 2.36 bits per heavy atom. The van der Waals surface area contributed by atoms with Gasteiger partial charge in [-0.25, -0.2) is 0 Å². The molecule has 0 aliphatic rings. The average molecular weight is 208 g/mol. The third-order valence-corrected chi connectivity index (χ3v) is 1.77. The number of nitrogens with one attached hydrogen (secondary N) is 2. The second-order valence-corrected chi connectivity index (χ2v) is 3.13. The Hall–Kier alpha value is -1.40. The van der Waals surface area contributed by atoms with Crippen LogP contribution in [0.4, 0.5) is 18.9 Å². The summed E-state index contributed by atoms with van der Waals surface area (Å²) >= 11 is 0. The van der Waals surface area contributed by atoms with Gasteiger partial charge in [0.15, 0.2) is 0 Å². The molecule has 0 spiro atoms. The van der Waals surface area contributed by atoms with Gasteiger partial charge in [0.05, 0.1) is 0 Å². The highest BCUT2D eigenvalue weighted by Gasteiger charge is 2.45. The van der Waals surface area contributed by atoms with Gasteiger partial charge in [0.25, 0.3) is 0 Å². The van der Waals surface area contributed by atoms with Gasteiger partial charge in [0.2, 0.25) is 5.69 Å². The third-order valence-electron chi connectivity index (χ3n) is 1.77. The maximum absolute atomic E-state index is 12.3. The van der Waals surface area contributed by atoms with Crippen LogP contribution in [0.15, 0.2) is 5.18 Å². The number of rotatable bonds is 2. The van der Waals surface area contributed by atoms with Crippen LogP contribution in [0.3, 0.4) is 0 Å². The highest BCUT2D eigenvalue weighted by atomic mass is 19.4. The lowest BCUT2D eigenvalue weighted by molar-refractivity contribution is -0.484. The number of nitrogens with zero attached hydrogens (tertiary/aromatic N) is 1. The van der Waals surface area contributed by atoms with E-state index in [1.54, 1.807) is 13.8 Å². The fraction of sp³-hybridized carbons (Fsp3) is 0.571. The van der Waals surface area contributed by atoms with Gasteiger partial charge in [-0.2, -0.15) is 18.3 Å². The summed E-state index contributed by atoms with van der Waals surface area (Å²) in [7, 11) is 0. The first-order valence-electron chi connectivity index (χ1n) is 3.92. The second-order valence-electron chi connectivity index (χ2n) is 3.13. The monoisotopic (exact) mass is 208 g/mol. The van der Waals surface area contributed by atoms with E-state index in [1.165, 1.54) is 0 Å². The molecular weight excluding hydrogens is 199 g/mol. The number of alkyl halides is 3. The third kappa shape index (κ3) is 1.75. The highest BCUT2D eigenvalue weighted by molar-refractivity contribution is 5.46. The van der Waals surface area contributed by atoms with E-state index in [2.05, 4.69) is 10.3 Å². The normalized spacial score (nSPS) is 12.1. The van der Waals surface area contributed by atoms with Gasteiger partial charge in [-0.05, 0) is 5.18 Å². The molecule has 0 fully saturated rings. The lowest BCUT2D eigenvalue weighted by atomic mass is 10.1. The summed E-state index contributed by atoms with van der Waals surface area (Å²) in [6.45, 7) is 3.32. The molecule has 0 aliphatic heterocycles. The van der Waals surface area contributed by atoms with Crippen LogP contribution < -0.4 is 5.10 Å². The van der Waals surface area contributed by atoms with Gasteiger partial charge in [-0.1, -0.05) is 13.8 Å². The van der Waals surface area contributed by atoms with Gasteiger partial charge >= 0.3 is 11.9 Å². The number of aromatic nitrogens is 2. The van der Waals surface area contributed by atoms with E-state index in [-0.39, 0.29) is 11.6 Å². The van der Waals surface area contributed by atoms with E-state index >= 15 is 0 Å². The molecule has 0 saturated carbocycles. The zero-order valence-corrected chi connectivity index (χ0v) is 7.57. The minimum atomic E-state index is -4.59. The maximum Gasteiger partial charge on any atom is 0.482 e. The van der Waals surface area contributed by atoms with Crippen molar-refractivity contribution in [2.24, 2.45) is 5.18 Å². The Balaban J connectivity index is 3.28. The summed E-state index contributed by atoms with van der Waals surface area (Å²) in [5, 5.41) is 6.58. The first-order chi connectivity index (χ1) is 6.38. The quantitative estimate of drug-likeness (QED) is 0.745. The Labute approximate surface area is 77.5 Å². The summed E-state index contributed by atoms with van der Waals surface area (Å²) < 4.78 is 36.8. The Morgan fingerprint density at radius 1 is 1.43 bits per heavy atom. The van der Waals surface area contributed by atoms with Crippen LogP contribution in [0, 0.1) is 4.91 Å². The molecule has 0 saturated heterocycles. The molecule has 0 atom stereocenters. The molecule has 2 N–H and O–H groups in total. The first kappa shape index (κ1) is 10.7. The molecule has 1 heterocycles. The summed E-state index contributed by atoms with van der Waals surface area (Å²) in [5.74, 6) is -0.227. The summed E-state index contributed by atoms with van der Waals surface area (Å²) in [4.78, 5) is 10.3. The van der Waals surface area contributed by atoms with Crippen molar-refractivity contribution in [3.05, 3.63) is 16.3 Å². The number of H-pyrrole nitrogens is 2. The Morgan fingerprint density at radius 2 is 2.00 bits per heavy atom. The number of nitroso groups, excluding NO2 is 1. The molecule has 0 aromatic carbocycles. The van der Waals surface area contributed by atoms with Gasteiger partial charge < -0.3 is 0 Å². The summed E-state index contributed by atoms with van der Waals surface area (Å²) in [6, 6.07) is 0. The fourth-order valence-corrected chi connectivity index (χ4v) is 1.10. The van der Waals surface area contributed by atoms with Gasteiger partial charge in [0, 0.05) is 5.92 Å². The summed E-state index contributed by atoms with van der Waals surface area (Å²) in [6.07, 6.45) is -4.59. The van der Waals surface area contributed by atoms with Crippen molar-refractivity contribution in [3.8, 4) is 0 Å². The maximum atomic E-state index is 12.3. The van der Waals surface area contributed by atoms with E-state index in [0.29, 0.717) is 0 Å². The molecule has 1 aromatic heterocycles. The molecule has 1 aromatic rings. The molecular formula is C7H9F3N3O+. The van der Waals surface area contributed by atoms with Crippen molar-refractivity contribution in [1.29, 1.82) is 0 Å². The van der Waals surface area contributed by atoms with Crippen molar-refractivity contribution in [2.45, 2.75) is 25.9 Å². The van der Waals surface area contributed by atoms with Crippen LogP contribution >= 0.6 is 0 Å². The van der Waals surface area contributed by atoms with Crippen molar-refractivity contribution in [3.63, 3.8) is 0 Å². The van der Waals surface area contributed by atoms with E-state index in [9.17, 15) is 18.1 Å². The lowest BCUT2D eigenvalue weighted by Gasteiger charge is -1.99. The molecule has 78 valence electrons. The Kier molecular flexibility index (Phi) is 2.59. The molecule has 1 rings (SSSR count). The van der Waals surface area contributed by atoms with E-state index < -0.39 is 17.6 Å². The zero-order valence-electron chi connectivity index (χ0n) is 7.57. The smallest absolute Gasteiger partial charge is 0.169 e. The minimum Gasteiger partial charge on any atom is -0.169 e. The lowest BCUT2D eigenvalue weighted by Crippen LogP contribution is -2.19. The Bertz CT molecular complexity index is 342. The molecule has 0 aliphatic carbocycles. The van der Waals surface area contributed by atoms with Crippen LogP contribution in [-0.2, 0) is 6.18 Å². The minimum absolute atomic E-state index is 0.160. The van der Waals surface area contributed by atoms with E-state index in [1.807, 2.05) is 5.10 Å². The number of halogens is 3. The molecule has 0 bridgehead atoms. The van der Waals surface area contributed by atoms with Crippen LogP contribution in [0.1, 0.15) is 31.2 Å². The fourth-order valence-electron chi connectivity index (χ4n) is 1.10. The number of aromatic amines is 2. The predicted molar refractivity (Wildman–Crippen MR) is 41.9 cm³/mol. The number of hydrogen-bond donors (Lipinski definition) is 1. The van der Waals surface area contributed by atoms with Gasteiger partial charge in [0.1, 0.15) is 5.69 Å². The standard InChI is InChI=1S/C7H8F3N3O/c1-3(2)4-5(13-14)6(12-11-4)7(8,9)10/h3H,1-2H3,(H,11,12)/p+1. The van der Waals surface area contributed by atoms with Crippen molar-refractivity contribution >= 4 is 5.69 Å². The first-order valence-corrected chi connectivity index (χ1v) is 3.92. The summed E-state index contributed by atoms with van der Waals surface area (Å²) in [5.41, 5.74) is -1.56. The molecule has 4 nitrogen and oxygen atoms in total. The van der Waals surface area contributed by atoms with Gasteiger partial charge in [-0.3, -0.25) is 0 Å². The van der Waals surface area contributed by atoms with Crippen LogP contribution in [0.2, 0.25) is 0 Å². The molecule has 0 unspecified atom stereocenters. The molecule has 7 heteroatoms. The zero-order chi connectivity index (χ0) is 10.9. The second kappa shape index (κ2) is 3.39. The SMILES string of the molecule is CC(C)c1[nH][nH+]c(C(F)(F)F)c1N=O. The average Bonchev–Trinajstić information content (AvgIpc) is 2.45. The largest absolute Gasteiger partial charge is 0.482 e. The number of hydrogen-bond acceptors (Lipinski definition) is 2. The van der Waals surface area contributed by atoms with E-state index in [0.717, 1.165) is 0 Å². The highest BCUT2D eigenvalue weighted by Crippen LogP contribution is 2.36. The van der Waals surface area contributed by atoms with Crippen molar-refractivity contribution in [2.75, 3.05) is 0 Å². The van der Waals surface area contributed by atoms with Crippen molar-refractivity contribution in [1.82, 2.24) is 5.10 Å². The van der Waals surface area contributed by atoms with E-state index in [4.69, 9.17) is 0 Å². The predicted octanol–water partition coefficient (Wildman–Crippen LogP) is 2.37. The van der Waals surface area contributed by atoms with Crippen LogP contribution in [0.25, 0.3) is 0 Å². The van der Waals surface area contributed by atoms with Crippen molar-refractivity contribution < 1.29 is 18.3 Å². The van der Waals surface area contributed by atoms with Crippen LogP contribution in [-0.4, -0.2) is 5.10 Å². The molecule has 0 radical (unpaired) electrons.